The molecule has 0 bridgehead atoms. The molecule has 1 aliphatic heterocycles. The van der Waals surface area contributed by atoms with Crippen LogP contribution in [0.25, 0.3) is 10.9 Å². The molecule has 0 unspecified atom stereocenters. The van der Waals surface area contributed by atoms with Crippen LogP contribution in [0, 0.1) is 0 Å². The number of anilines is 1. The largest absolute Gasteiger partial charge is 0.419 e. The van der Waals surface area contributed by atoms with Crippen LogP contribution >= 0.6 is 0 Å². The van der Waals surface area contributed by atoms with Crippen LogP contribution in [0.1, 0.15) is 22.3 Å². The molecule has 3 amide bonds. The third-order valence-corrected chi connectivity index (χ3v) is 5.96. The van der Waals surface area contributed by atoms with Crippen molar-refractivity contribution in [1.29, 1.82) is 0 Å². The summed E-state index contributed by atoms with van der Waals surface area (Å²) in [6.45, 7) is 1.58. The fraction of sp³-hybridized carbons (Fsp3) is 0.348. The Balaban J connectivity index is 1.22. The van der Waals surface area contributed by atoms with Crippen LogP contribution in [-0.4, -0.2) is 69.9 Å². The highest BCUT2D eigenvalue weighted by Gasteiger charge is 2.32. The monoisotopic (exact) mass is 503 g/mol. The molecule has 0 aliphatic carbocycles. The van der Waals surface area contributed by atoms with Crippen molar-refractivity contribution in [1.82, 2.24) is 24.8 Å². The lowest BCUT2D eigenvalue weighted by atomic mass is 10.1. The number of nitrogens with one attached hydrogen (secondary N) is 1. The second-order valence-electron chi connectivity index (χ2n) is 8.31. The Hall–Kier alpha value is -4.16. The van der Waals surface area contributed by atoms with Gasteiger partial charge in [-0.25, -0.2) is 9.97 Å². The summed E-state index contributed by atoms with van der Waals surface area (Å²) in [7, 11) is 0. The Morgan fingerprint density at radius 1 is 1.03 bits per heavy atom. The summed E-state index contributed by atoms with van der Waals surface area (Å²) in [6.07, 6.45) is -1.08. The number of hydrogen-bond donors (Lipinski definition) is 2. The van der Waals surface area contributed by atoms with Crippen LogP contribution in [0.3, 0.4) is 0 Å². The van der Waals surface area contributed by atoms with Crippen molar-refractivity contribution in [2.75, 3.05) is 37.6 Å². The molecule has 1 fully saturated rings. The Bertz CT molecular complexity index is 1270. The average Bonchev–Trinajstić information content (AvgIpc) is 3.28. The fourth-order valence-electron chi connectivity index (χ4n) is 3.92. The molecule has 1 aliphatic rings. The van der Waals surface area contributed by atoms with Crippen molar-refractivity contribution in [3.05, 3.63) is 54.0 Å². The Labute approximate surface area is 203 Å². The lowest BCUT2D eigenvalue weighted by Crippen LogP contribution is -2.51. The number of carbonyl (C=O) groups excluding carboxylic acids is 3. The highest BCUT2D eigenvalue weighted by atomic mass is 19.4. The van der Waals surface area contributed by atoms with E-state index in [4.69, 9.17) is 5.73 Å². The first-order chi connectivity index (χ1) is 17.1. The second kappa shape index (κ2) is 10.2. The molecule has 4 rings (SSSR count). The van der Waals surface area contributed by atoms with E-state index < -0.39 is 17.6 Å². The van der Waals surface area contributed by atoms with Gasteiger partial charge < -0.3 is 25.4 Å². The van der Waals surface area contributed by atoms with Gasteiger partial charge in [-0.05, 0) is 23.6 Å². The molecular formula is C23H24F3N7O3. The van der Waals surface area contributed by atoms with Crippen molar-refractivity contribution < 1.29 is 27.6 Å². The van der Waals surface area contributed by atoms with Crippen molar-refractivity contribution in [2.45, 2.75) is 19.1 Å². The van der Waals surface area contributed by atoms with Crippen LogP contribution in [0.4, 0.5) is 19.1 Å². The minimum Gasteiger partial charge on any atom is -0.366 e. The van der Waals surface area contributed by atoms with Gasteiger partial charge in [0.15, 0.2) is 0 Å². The Morgan fingerprint density at radius 2 is 1.72 bits per heavy atom. The molecule has 3 N–H and O–H groups in total. The number of alkyl halides is 3. The van der Waals surface area contributed by atoms with Gasteiger partial charge in [-0.1, -0.05) is 6.07 Å². The number of primary amides is 1. The van der Waals surface area contributed by atoms with E-state index in [9.17, 15) is 27.6 Å². The van der Waals surface area contributed by atoms with Crippen molar-refractivity contribution in [2.24, 2.45) is 5.73 Å². The van der Waals surface area contributed by atoms with Crippen LogP contribution in [0.2, 0.25) is 0 Å². The second-order valence-corrected chi connectivity index (χ2v) is 8.31. The molecule has 1 saturated heterocycles. The van der Waals surface area contributed by atoms with Gasteiger partial charge in [0.1, 0.15) is 0 Å². The maximum Gasteiger partial charge on any atom is 0.419 e. The summed E-state index contributed by atoms with van der Waals surface area (Å²) >= 11 is 0. The van der Waals surface area contributed by atoms with Gasteiger partial charge in [-0.3, -0.25) is 14.4 Å². The molecule has 2 aromatic heterocycles. The summed E-state index contributed by atoms with van der Waals surface area (Å²) in [5, 5.41) is 3.53. The molecule has 0 spiro atoms. The summed E-state index contributed by atoms with van der Waals surface area (Å²) in [6, 6.07) is 6.98. The molecular weight excluding hydrogens is 479 g/mol. The van der Waals surface area contributed by atoms with E-state index in [1.165, 1.54) is 0 Å². The minimum absolute atomic E-state index is 0.136. The number of carbonyl (C=O) groups is 3. The molecule has 1 aromatic carbocycles. The van der Waals surface area contributed by atoms with Crippen LogP contribution in [0.5, 0.6) is 0 Å². The van der Waals surface area contributed by atoms with E-state index >= 15 is 0 Å². The first-order valence-corrected chi connectivity index (χ1v) is 11.2. The first kappa shape index (κ1) is 24.9. The zero-order valence-corrected chi connectivity index (χ0v) is 19.2. The number of nitrogens with two attached hydrogens (primary N) is 1. The minimum atomic E-state index is -4.50. The van der Waals surface area contributed by atoms with Gasteiger partial charge in [0.05, 0.1) is 12.1 Å². The van der Waals surface area contributed by atoms with Crippen LogP contribution in [-0.2, 0) is 22.3 Å². The van der Waals surface area contributed by atoms with Gasteiger partial charge in [-0.15, -0.1) is 0 Å². The van der Waals surface area contributed by atoms with Crippen LogP contribution < -0.4 is 16.0 Å². The number of aryl methyl sites for hydroxylation is 1. The Kier molecular flexibility index (Phi) is 7.08. The zero-order chi connectivity index (χ0) is 25.9. The topological polar surface area (TPSA) is 126 Å². The normalized spacial score (nSPS) is 14.2. The molecule has 3 aromatic rings. The number of fused-ring (bicyclic) bond motifs is 1. The number of nitrogens with zero attached hydrogens (tertiary/aromatic N) is 5. The fourth-order valence-corrected chi connectivity index (χ4v) is 3.92. The molecule has 36 heavy (non-hydrogen) atoms. The lowest BCUT2D eigenvalue weighted by Gasteiger charge is -2.34. The molecule has 3 heterocycles. The van der Waals surface area contributed by atoms with Crippen molar-refractivity contribution in [3.63, 3.8) is 0 Å². The summed E-state index contributed by atoms with van der Waals surface area (Å²) in [5.74, 6) is -0.917. The molecule has 10 nitrogen and oxygen atoms in total. The molecule has 0 atom stereocenters. The number of aromatic nitrogens is 3. The van der Waals surface area contributed by atoms with Gasteiger partial charge in [0.25, 0.3) is 0 Å². The van der Waals surface area contributed by atoms with E-state index in [2.05, 4.69) is 15.3 Å². The maximum atomic E-state index is 12.7. The van der Waals surface area contributed by atoms with Gasteiger partial charge in [0.2, 0.25) is 23.7 Å². The predicted octanol–water partition coefficient (Wildman–Crippen LogP) is 1.40. The van der Waals surface area contributed by atoms with E-state index in [-0.39, 0.29) is 30.7 Å². The number of piperazine rings is 1. The smallest absolute Gasteiger partial charge is 0.366 e. The summed E-state index contributed by atoms with van der Waals surface area (Å²) < 4.78 is 39.8. The highest BCUT2D eigenvalue weighted by molar-refractivity contribution is 5.97. The van der Waals surface area contributed by atoms with E-state index in [1.54, 1.807) is 28.0 Å². The number of rotatable bonds is 7. The quantitative estimate of drug-likeness (QED) is 0.502. The summed E-state index contributed by atoms with van der Waals surface area (Å²) in [5.41, 5.74) is 5.58. The maximum absolute atomic E-state index is 12.7. The standard InChI is InChI=1S/C23H24F3N7O3/c24-23(25,26)17-12-29-22(30-13-17)33-9-7-32(8-10-33)20(35)14-28-19(34)4-6-31-5-3-15-1-2-16(21(27)36)11-18(15)31/h1-3,5,11-13H,4,6-10,14H2,(H2,27,36)(H,28,34). The van der Waals surface area contributed by atoms with E-state index in [0.29, 0.717) is 38.3 Å². The third kappa shape index (κ3) is 5.73. The first-order valence-electron chi connectivity index (χ1n) is 11.2. The van der Waals surface area contributed by atoms with E-state index in [1.807, 2.05) is 16.8 Å². The zero-order valence-electron chi connectivity index (χ0n) is 19.2. The number of halogens is 3. The molecule has 0 radical (unpaired) electrons. The Morgan fingerprint density at radius 3 is 2.36 bits per heavy atom. The molecule has 13 heteroatoms. The van der Waals surface area contributed by atoms with Crippen molar-refractivity contribution in [3.8, 4) is 0 Å². The number of amides is 3. The third-order valence-electron chi connectivity index (χ3n) is 5.96. The average molecular weight is 503 g/mol. The SMILES string of the molecule is NC(=O)c1ccc2ccn(CCC(=O)NCC(=O)N3CCN(c4ncc(C(F)(F)F)cn4)CC3)c2c1. The van der Waals surface area contributed by atoms with Crippen LogP contribution in [0.15, 0.2) is 42.9 Å². The van der Waals surface area contributed by atoms with E-state index in [0.717, 1.165) is 23.3 Å². The molecule has 0 saturated carbocycles. The highest BCUT2D eigenvalue weighted by Crippen LogP contribution is 2.28. The van der Waals surface area contributed by atoms with Crippen molar-refractivity contribution >= 4 is 34.6 Å². The molecule has 190 valence electrons. The number of hydrogen-bond acceptors (Lipinski definition) is 6. The van der Waals surface area contributed by atoms with Gasteiger partial charge in [-0.2, -0.15) is 13.2 Å². The number of benzene rings is 1. The van der Waals surface area contributed by atoms with Gasteiger partial charge >= 0.3 is 6.18 Å². The summed E-state index contributed by atoms with van der Waals surface area (Å²) in [4.78, 5) is 47.1. The lowest BCUT2D eigenvalue weighted by molar-refractivity contribution is -0.138. The van der Waals surface area contributed by atoms with Gasteiger partial charge in [0, 0.05) is 68.8 Å². The predicted molar refractivity (Wildman–Crippen MR) is 124 cm³/mol.